The number of para-hydroxylation sites is 2. The van der Waals surface area contributed by atoms with Gasteiger partial charge in [-0.05, 0) is 43.5 Å². The summed E-state index contributed by atoms with van der Waals surface area (Å²) in [6.07, 6.45) is 1.18. The molecular weight excluding hydrogens is 298 g/mol. The third-order valence-corrected chi connectivity index (χ3v) is 4.34. The van der Waals surface area contributed by atoms with Crippen molar-refractivity contribution in [2.45, 2.75) is 39.7 Å². The van der Waals surface area contributed by atoms with Gasteiger partial charge in [-0.25, -0.2) is 4.98 Å². The molecular formula is C20H23N3O. The molecule has 2 aromatic carbocycles. The zero-order valence-corrected chi connectivity index (χ0v) is 14.4. The van der Waals surface area contributed by atoms with Crippen molar-refractivity contribution in [3.05, 3.63) is 65.0 Å². The Morgan fingerprint density at radius 1 is 1.21 bits per heavy atom. The lowest BCUT2D eigenvalue weighted by atomic mass is 10.0. The van der Waals surface area contributed by atoms with Crippen LogP contribution in [0.25, 0.3) is 11.0 Å². The van der Waals surface area contributed by atoms with Gasteiger partial charge in [0.2, 0.25) is 5.91 Å². The van der Waals surface area contributed by atoms with E-state index >= 15 is 0 Å². The van der Waals surface area contributed by atoms with Gasteiger partial charge >= 0.3 is 0 Å². The number of nitrogens with one attached hydrogen (secondary N) is 2. The quantitative estimate of drug-likeness (QED) is 0.746. The van der Waals surface area contributed by atoms with Crippen molar-refractivity contribution in [1.82, 2.24) is 15.3 Å². The second kappa shape index (κ2) is 6.87. The highest BCUT2D eigenvalue weighted by Crippen LogP contribution is 2.19. The van der Waals surface area contributed by atoms with Crippen LogP contribution in [0.3, 0.4) is 0 Å². The third-order valence-electron chi connectivity index (χ3n) is 4.34. The number of fused-ring (bicyclic) bond motifs is 1. The number of aryl methyl sites for hydroxylation is 2. The number of benzene rings is 2. The minimum Gasteiger partial charge on any atom is -0.346 e. The summed E-state index contributed by atoms with van der Waals surface area (Å²) in [6.45, 7) is 6.14. The largest absolute Gasteiger partial charge is 0.346 e. The Balaban J connectivity index is 1.74. The van der Waals surface area contributed by atoms with Gasteiger partial charge in [0.05, 0.1) is 23.5 Å². The molecule has 1 atom stereocenters. The van der Waals surface area contributed by atoms with Crippen LogP contribution in [0.5, 0.6) is 0 Å². The summed E-state index contributed by atoms with van der Waals surface area (Å²) in [5, 5.41) is 3.11. The van der Waals surface area contributed by atoms with Crippen molar-refractivity contribution < 1.29 is 4.79 Å². The number of aromatic nitrogens is 2. The first-order valence-corrected chi connectivity index (χ1v) is 8.37. The molecule has 3 aromatic rings. The zero-order chi connectivity index (χ0) is 17.1. The minimum atomic E-state index is -0.102. The molecule has 0 aliphatic carbocycles. The second-order valence-corrected chi connectivity index (χ2v) is 6.27. The van der Waals surface area contributed by atoms with Crippen molar-refractivity contribution in [3.8, 4) is 0 Å². The van der Waals surface area contributed by atoms with Gasteiger partial charge in [-0.1, -0.05) is 42.8 Å². The highest BCUT2D eigenvalue weighted by atomic mass is 16.1. The maximum atomic E-state index is 12.5. The maximum absolute atomic E-state index is 12.5. The number of carbonyl (C=O) groups excluding carboxylic acids is 1. The van der Waals surface area contributed by atoms with E-state index in [1.807, 2.05) is 38.1 Å². The fourth-order valence-corrected chi connectivity index (χ4v) is 2.91. The van der Waals surface area contributed by atoms with E-state index in [0.29, 0.717) is 6.42 Å². The highest BCUT2D eigenvalue weighted by Gasteiger charge is 2.17. The first kappa shape index (κ1) is 16.2. The zero-order valence-electron chi connectivity index (χ0n) is 14.4. The normalized spacial score (nSPS) is 12.3. The maximum Gasteiger partial charge on any atom is 0.225 e. The van der Waals surface area contributed by atoms with Crippen LogP contribution < -0.4 is 5.32 Å². The van der Waals surface area contributed by atoms with Gasteiger partial charge in [-0.15, -0.1) is 0 Å². The number of rotatable bonds is 5. The summed E-state index contributed by atoms with van der Waals surface area (Å²) in [7, 11) is 0. The predicted molar refractivity (Wildman–Crippen MR) is 96.9 cm³/mol. The number of carbonyl (C=O) groups is 1. The minimum absolute atomic E-state index is 0.0241. The summed E-state index contributed by atoms with van der Waals surface area (Å²) < 4.78 is 0. The van der Waals surface area contributed by atoms with E-state index in [1.54, 1.807) is 0 Å². The average Bonchev–Trinajstić information content (AvgIpc) is 3.00. The average molecular weight is 321 g/mol. The molecule has 1 amide bonds. The number of hydrogen-bond donors (Lipinski definition) is 2. The van der Waals surface area contributed by atoms with E-state index in [2.05, 4.69) is 40.4 Å². The van der Waals surface area contributed by atoms with Crippen LogP contribution in [0.4, 0.5) is 0 Å². The van der Waals surface area contributed by atoms with E-state index in [0.717, 1.165) is 34.4 Å². The van der Waals surface area contributed by atoms with Crippen LogP contribution in [-0.4, -0.2) is 15.9 Å². The van der Waals surface area contributed by atoms with Crippen molar-refractivity contribution >= 4 is 16.9 Å². The smallest absolute Gasteiger partial charge is 0.225 e. The van der Waals surface area contributed by atoms with Gasteiger partial charge in [-0.3, -0.25) is 4.79 Å². The molecule has 0 spiro atoms. The predicted octanol–water partition coefficient (Wildman–Crippen LogP) is 3.99. The van der Waals surface area contributed by atoms with Crippen LogP contribution in [0, 0.1) is 13.8 Å². The lowest BCUT2D eigenvalue weighted by Crippen LogP contribution is -2.30. The summed E-state index contributed by atoms with van der Waals surface area (Å²) in [6, 6.07) is 14.0. The van der Waals surface area contributed by atoms with Crippen LogP contribution in [0.1, 0.15) is 41.9 Å². The molecule has 1 aromatic heterocycles. The third kappa shape index (κ3) is 3.48. The van der Waals surface area contributed by atoms with Gasteiger partial charge in [0.15, 0.2) is 0 Å². The van der Waals surface area contributed by atoms with E-state index in [9.17, 15) is 4.79 Å². The monoisotopic (exact) mass is 321 g/mol. The summed E-state index contributed by atoms with van der Waals surface area (Å²) >= 11 is 0. The Bertz CT molecular complexity index is 833. The van der Waals surface area contributed by atoms with Gasteiger partial charge in [-0.2, -0.15) is 0 Å². The van der Waals surface area contributed by atoms with Gasteiger partial charge in [0.25, 0.3) is 0 Å². The molecule has 0 bridgehead atoms. The van der Waals surface area contributed by atoms with Crippen LogP contribution in [0.15, 0.2) is 42.5 Å². The molecule has 0 fully saturated rings. The van der Waals surface area contributed by atoms with Crippen LogP contribution in [0.2, 0.25) is 0 Å². The molecule has 2 N–H and O–H groups in total. The van der Waals surface area contributed by atoms with Crippen LogP contribution in [-0.2, 0) is 11.2 Å². The molecule has 4 nitrogen and oxygen atoms in total. The van der Waals surface area contributed by atoms with E-state index in [4.69, 9.17) is 0 Å². The Morgan fingerprint density at radius 3 is 2.75 bits per heavy atom. The molecule has 1 unspecified atom stereocenters. The number of hydrogen-bond acceptors (Lipinski definition) is 2. The molecule has 24 heavy (non-hydrogen) atoms. The van der Waals surface area contributed by atoms with E-state index in [-0.39, 0.29) is 11.9 Å². The summed E-state index contributed by atoms with van der Waals surface area (Å²) in [5.74, 6) is 0.837. The number of amides is 1. The molecule has 0 aliphatic heterocycles. The molecule has 0 saturated carbocycles. The molecule has 3 rings (SSSR count). The molecule has 124 valence electrons. The van der Waals surface area contributed by atoms with Crippen molar-refractivity contribution in [1.29, 1.82) is 0 Å². The molecule has 1 heterocycles. The van der Waals surface area contributed by atoms with Gasteiger partial charge < -0.3 is 10.3 Å². The summed E-state index contributed by atoms with van der Waals surface area (Å²) in [4.78, 5) is 20.4. The SMILES string of the molecule is CCC(NC(=O)Cc1cc(C)ccc1C)c1nc2ccccc2[nH]1. The molecule has 0 radical (unpaired) electrons. The van der Waals surface area contributed by atoms with Crippen molar-refractivity contribution in [2.24, 2.45) is 0 Å². The van der Waals surface area contributed by atoms with Crippen LogP contribution >= 0.6 is 0 Å². The number of H-pyrrole nitrogens is 1. The summed E-state index contributed by atoms with van der Waals surface area (Å²) in [5.41, 5.74) is 5.32. The standard InChI is InChI=1S/C20H23N3O/c1-4-16(20-22-17-7-5-6-8-18(17)23-20)21-19(24)12-15-11-13(2)9-10-14(15)3/h5-11,16H,4,12H2,1-3H3,(H,21,24)(H,22,23). The Labute approximate surface area is 142 Å². The first-order chi connectivity index (χ1) is 11.6. The Morgan fingerprint density at radius 2 is 2.00 bits per heavy atom. The highest BCUT2D eigenvalue weighted by molar-refractivity contribution is 5.80. The van der Waals surface area contributed by atoms with E-state index in [1.165, 1.54) is 5.56 Å². The number of nitrogens with zero attached hydrogens (tertiary/aromatic N) is 1. The molecule has 4 heteroatoms. The van der Waals surface area contributed by atoms with Crippen molar-refractivity contribution in [2.75, 3.05) is 0 Å². The van der Waals surface area contributed by atoms with E-state index < -0.39 is 0 Å². The lowest BCUT2D eigenvalue weighted by molar-refractivity contribution is -0.121. The first-order valence-electron chi connectivity index (χ1n) is 8.37. The lowest BCUT2D eigenvalue weighted by Gasteiger charge is -2.15. The van der Waals surface area contributed by atoms with Crippen molar-refractivity contribution in [3.63, 3.8) is 0 Å². The number of aromatic amines is 1. The number of imidazole rings is 1. The van der Waals surface area contributed by atoms with Gasteiger partial charge in [0, 0.05) is 0 Å². The van der Waals surface area contributed by atoms with Gasteiger partial charge in [0.1, 0.15) is 5.82 Å². The second-order valence-electron chi connectivity index (χ2n) is 6.27. The molecule has 0 aliphatic rings. The molecule has 0 saturated heterocycles. The topological polar surface area (TPSA) is 57.8 Å². The fourth-order valence-electron chi connectivity index (χ4n) is 2.91. The Kier molecular flexibility index (Phi) is 4.65. The fraction of sp³-hybridized carbons (Fsp3) is 0.300. The Hall–Kier alpha value is -2.62.